The monoisotopic (exact) mass is 223 g/mol. The zero-order chi connectivity index (χ0) is 11.4. The van der Waals surface area contributed by atoms with Gasteiger partial charge in [0.05, 0.1) is 6.04 Å². The van der Waals surface area contributed by atoms with Gasteiger partial charge in [-0.2, -0.15) is 0 Å². The highest BCUT2D eigenvalue weighted by molar-refractivity contribution is 4.99. The lowest BCUT2D eigenvalue weighted by atomic mass is 9.92. The van der Waals surface area contributed by atoms with Crippen molar-refractivity contribution in [2.75, 3.05) is 20.3 Å². The Morgan fingerprint density at radius 3 is 2.88 bits per heavy atom. The SMILES string of the molecule is CNC(CC1CCOCC1)c1nccn1C. The van der Waals surface area contributed by atoms with Crippen LogP contribution in [-0.2, 0) is 11.8 Å². The fraction of sp³-hybridized carbons (Fsp3) is 0.750. The highest BCUT2D eigenvalue weighted by Gasteiger charge is 2.21. The number of imidazole rings is 1. The minimum atomic E-state index is 0.364. The fourth-order valence-corrected chi connectivity index (χ4v) is 2.38. The number of aryl methyl sites for hydroxylation is 1. The number of hydrogen-bond acceptors (Lipinski definition) is 3. The molecule has 4 heteroatoms. The third-order valence-electron chi connectivity index (χ3n) is 3.43. The van der Waals surface area contributed by atoms with E-state index in [0.717, 1.165) is 31.4 Å². The second-order valence-corrected chi connectivity index (χ2v) is 4.53. The lowest BCUT2D eigenvalue weighted by Gasteiger charge is -2.26. The van der Waals surface area contributed by atoms with Crippen molar-refractivity contribution >= 4 is 0 Å². The molecule has 1 aromatic rings. The maximum Gasteiger partial charge on any atom is 0.125 e. The van der Waals surface area contributed by atoms with Crippen molar-refractivity contribution in [3.8, 4) is 0 Å². The van der Waals surface area contributed by atoms with Crippen molar-refractivity contribution in [1.82, 2.24) is 14.9 Å². The van der Waals surface area contributed by atoms with E-state index < -0.39 is 0 Å². The van der Waals surface area contributed by atoms with Crippen molar-refractivity contribution in [3.05, 3.63) is 18.2 Å². The van der Waals surface area contributed by atoms with Crippen LogP contribution in [0.25, 0.3) is 0 Å². The highest BCUT2D eigenvalue weighted by Crippen LogP contribution is 2.26. The molecule has 0 bridgehead atoms. The van der Waals surface area contributed by atoms with Gasteiger partial charge in [-0.1, -0.05) is 0 Å². The van der Waals surface area contributed by atoms with E-state index in [1.165, 1.54) is 12.8 Å². The van der Waals surface area contributed by atoms with Gasteiger partial charge >= 0.3 is 0 Å². The van der Waals surface area contributed by atoms with Crippen LogP contribution in [0.1, 0.15) is 31.1 Å². The highest BCUT2D eigenvalue weighted by atomic mass is 16.5. The number of ether oxygens (including phenoxy) is 1. The molecular weight excluding hydrogens is 202 g/mol. The second-order valence-electron chi connectivity index (χ2n) is 4.53. The molecule has 1 unspecified atom stereocenters. The molecule has 1 N–H and O–H groups in total. The summed E-state index contributed by atoms with van der Waals surface area (Å²) in [6, 6.07) is 0.364. The Balaban J connectivity index is 1.97. The Bertz CT molecular complexity index is 318. The van der Waals surface area contributed by atoms with E-state index in [1.807, 2.05) is 19.4 Å². The summed E-state index contributed by atoms with van der Waals surface area (Å²) in [5, 5.41) is 3.37. The molecule has 1 fully saturated rings. The summed E-state index contributed by atoms with van der Waals surface area (Å²) in [6.45, 7) is 1.84. The molecule has 0 amide bonds. The molecule has 90 valence electrons. The lowest BCUT2D eigenvalue weighted by Crippen LogP contribution is -2.25. The Labute approximate surface area is 97.0 Å². The molecule has 0 aliphatic carbocycles. The molecule has 4 nitrogen and oxygen atoms in total. The van der Waals surface area contributed by atoms with Crippen LogP contribution >= 0.6 is 0 Å². The summed E-state index contributed by atoms with van der Waals surface area (Å²) in [7, 11) is 4.06. The summed E-state index contributed by atoms with van der Waals surface area (Å²) in [5.74, 6) is 1.90. The Morgan fingerprint density at radius 1 is 1.56 bits per heavy atom. The van der Waals surface area contributed by atoms with Crippen LogP contribution in [0.2, 0.25) is 0 Å². The number of hydrogen-bond donors (Lipinski definition) is 1. The summed E-state index contributed by atoms with van der Waals surface area (Å²) in [4.78, 5) is 4.42. The normalized spacial score (nSPS) is 19.9. The van der Waals surface area contributed by atoms with Crippen molar-refractivity contribution in [2.45, 2.75) is 25.3 Å². The van der Waals surface area contributed by atoms with Gasteiger partial charge in [-0.3, -0.25) is 0 Å². The quantitative estimate of drug-likeness (QED) is 0.840. The molecule has 0 radical (unpaired) electrons. The topological polar surface area (TPSA) is 39.1 Å². The van der Waals surface area contributed by atoms with Crippen LogP contribution in [0.3, 0.4) is 0 Å². The first-order valence-corrected chi connectivity index (χ1v) is 6.03. The lowest BCUT2D eigenvalue weighted by molar-refractivity contribution is 0.0604. The molecule has 2 rings (SSSR count). The number of aromatic nitrogens is 2. The van der Waals surface area contributed by atoms with E-state index in [2.05, 4.69) is 21.9 Å². The number of nitrogens with zero attached hydrogens (tertiary/aromatic N) is 2. The first-order chi connectivity index (χ1) is 7.81. The van der Waals surface area contributed by atoms with E-state index in [1.54, 1.807) is 0 Å². The fourth-order valence-electron chi connectivity index (χ4n) is 2.38. The molecular formula is C12H21N3O. The number of nitrogens with one attached hydrogen (secondary N) is 1. The maximum absolute atomic E-state index is 5.39. The Morgan fingerprint density at radius 2 is 2.31 bits per heavy atom. The van der Waals surface area contributed by atoms with Gasteiger partial charge in [0.25, 0.3) is 0 Å². The standard InChI is InChI=1S/C12H21N3O/c1-13-11(12-14-5-6-15(12)2)9-10-3-7-16-8-4-10/h5-6,10-11,13H,3-4,7-9H2,1-2H3. The predicted molar refractivity (Wildman–Crippen MR) is 63.2 cm³/mol. The molecule has 0 saturated carbocycles. The van der Waals surface area contributed by atoms with Crippen molar-refractivity contribution < 1.29 is 4.74 Å². The molecule has 1 aromatic heterocycles. The van der Waals surface area contributed by atoms with Gasteiger partial charge in [-0.15, -0.1) is 0 Å². The molecule has 16 heavy (non-hydrogen) atoms. The minimum Gasteiger partial charge on any atom is -0.381 e. The smallest absolute Gasteiger partial charge is 0.125 e. The van der Waals surface area contributed by atoms with Crippen LogP contribution in [-0.4, -0.2) is 29.8 Å². The first-order valence-electron chi connectivity index (χ1n) is 6.03. The zero-order valence-electron chi connectivity index (χ0n) is 10.1. The van der Waals surface area contributed by atoms with E-state index in [0.29, 0.717) is 6.04 Å². The van der Waals surface area contributed by atoms with Crippen LogP contribution in [0.15, 0.2) is 12.4 Å². The van der Waals surface area contributed by atoms with Crippen LogP contribution < -0.4 is 5.32 Å². The molecule has 2 heterocycles. The summed E-state index contributed by atoms with van der Waals surface area (Å²) in [6.07, 6.45) is 7.39. The average Bonchev–Trinajstić information content (AvgIpc) is 2.74. The third-order valence-corrected chi connectivity index (χ3v) is 3.43. The largest absolute Gasteiger partial charge is 0.381 e. The summed E-state index contributed by atoms with van der Waals surface area (Å²) < 4.78 is 7.49. The van der Waals surface area contributed by atoms with Crippen molar-refractivity contribution in [1.29, 1.82) is 0 Å². The average molecular weight is 223 g/mol. The van der Waals surface area contributed by atoms with Crippen molar-refractivity contribution in [3.63, 3.8) is 0 Å². The molecule has 1 aliphatic rings. The van der Waals surface area contributed by atoms with Crippen LogP contribution in [0.4, 0.5) is 0 Å². The molecule has 0 spiro atoms. The predicted octanol–water partition coefficient (Wildman–Crippen LogP) is 1.50. The van der Waals surface area contributed by atoms with Crippen molar-refractivity contribution in [2.24, 2.45) is 13.0 Å². The van der Waals surface area contributed by atoms with Crippen LogP contribution in [0, 0.1) is 5.92 Å². The third kappa shape index (κ3) is 2.62. The van der Waals surface area contributed by atoms with Gasteiger partial charge in [-0.05, 0) is 32.2 Å². The van der Waals surface area contributed by atoms with Gasteiger partial charge < -0.3 is 14.6 Å². The van der Waals surface area contributed by atoms with Gasteiger partial charge in [0.2, 0.25) is 0 Å². The van der Waals surface area contributed by atoms with E-state index in [9.17, 15) is 0 Å². The molecule has 1 aliphatic heterocycles. The van der Waals surface area contributed by atoms with Gasteiger partial charge in [-0.25, -0.2) is 4.98 Å². The van der Waals surface area contributed by atoms with Crippen LogP contribution in [0.5, 0.6) is 0 Å². The Kier molecular flexibility index (Phi) is 3.96. The minimum absolute atomic E-state index is 0.364. The van der Waals surface area contributed by atoms with Gasteiger partial charge in [0.1, 0.15) is 5.82 Å². The maximum atomic E-state index is 5.39. The van der Waals surface area contributed by atoms with E-state index in [4.69, 9.17) is 4.74 Å². The number of rotatable bonds is 4. The molecule has 1 atom stereocenters. The summed E-state index contributed by atoms with van der Waals surface area (Å²) >= 11 is 0. The van der Waals surface area contributed by atoms with Gasteiger partial charge in [0, 0.05) is 32.7 Å². The van der Waals surface area contributed by atoms with E-state index in [-0.39, 0.29) is 0 Å². The van der Waals surface area contributed by atoms with Gasteiger partial charge in [0.15, 0.2) is 0 Å². The molecule has 1 saturated heterocycles. The first kappa shape index (κ1) is 11.6. The molecule has 0 aromatic carbocycles. The summed E-state index contributed by atoms with van der Waals surface area (Å²) in [5.41, 5.74) is 0. The Hall–Kier alpha value is -0.870. The second kappa shape index (κ2) is 5.46. The zero-order valence-corrected chi connectivity index (χ0v) is 10.1. The van der Waals surface area contributed by atoms with E-state index >= 15 is 0 Å².